The van der Waals surface area contributed by atoms with E-state index in [1.165, 1.54) is 12.1 Å². The van der Waals surface area contributed by atoms with E-state index in [1.807, 2.05) is 26.0 Å². The van der Waals surface area contributed by atoms with Gasteiger partial charge in [0.2, 0.25) is 0 Å². The van der Waals surface area contributed by atoms with Gasteiger partial charge in [-0.15, -0.1) is 0 Å². The van der Waals surface area contributed by atoms with Crippen LogP contribution in [0.2, 0.25) is 0 Å². The van der Waals surface area contributed by atoms with Crippen LogP contribution < -0.4 is 10.6 Å². The van der Waals surface area contributed by atoms with E-state index in [9.17, 15) is 9.18 Å². The molecule has 0 spiro atoms. The van der Waals surface area contributed by atoms with Gasteiger partial charge in [0.05, 0.1) is 11.3 Å². The van der Waals surface area contributed by atoms with Crippen molar-refractivity contribution in [2.24, 2.45) is 0 Å². The average Bonchev–Trinajstić information content (AvgIpc) is 2.48. The van der Waals surface area contributed by atoms with Crippen LogP contribution in [0.5, 0.6) is 0 Å². The van der Waals surface area contributed by atoms with E-state index in [1.54, 1.807) is 12.3 Å². The zero-order valence-electron chi connectivity index (χ0n) is 12.1. The Labute approximate surface area is 123 Å². The second-order valence-corrected chi connectivity index (χ2v) is 4.68. The molecule has 0 aliphatic rings. The Morgan fingerprint density at radius 2 is 2.10 bits per heavy atom. The molecule has 1 heterocycles. The Bertz CT molecular complexity index is 626. The summed E-state index contributed by atoms with van der Waals surface area (Å²) < 4.78 is 13.8. The summed E-state index contributed by atoms with van der Waals surface area (Å²) in [5.41, 5.74) is 2.36. The van der Waals surface area contributed by atoms with Gasteiger partial charge in [0.25, 0.3) is 5.91 Å². The molecule has 2 aromatic rings. The number of nitrogens with zero attached hydrogens (tertiary/aromatic N) is 1. The maximum absolute atomic E-state index is 13.8. The maximum atomic E-state index is 13.8. The second kappa shape index (κ2) is 6.83. The number of benzene rings is 1. The molecule has 0 radical (unpaired) electrons. The van der Waals surface area contributed by atoms with Gasteiger partial charge >= 0.3 is 0 Å². The van der Waals surface area contributed by atoms with Crippen molar-refractivity contribution in [1.29, 1.82) is 0 Å². The number of nitrogens with one attached hydrogen (secondary N) is 2. The number of pyridine rings is 1. The van der Waals surface area contributed by atoms with Gasteiger partial charge in [0.1, 0.15) is 5.82 Å². The summed E-state index contributed by atoms with van der Waals surface area (Å²) in [5.74, 6) is -0.743. The van der Waals surface area contributed by atoms with E-state index >= 15 is 0 Å². The number of carbonyl (C=O) groups excluding carboxylic acids is 1. The Balaban J connectivity index is 2.10. The van der Waals surface area contributed by atoms with Crippen molar-refractivity contribution < 1.29 is 9.18 Å². The minimum atomic E-state index is -0.429. The number of anilines is 1. The highest BCUT2D eigenvalue weighted by atomic mass is 19.1. The lowest BCUT2D eigenvalue weighted by Crippen LogP contribution is -2.24. The van der Waals surface area contributed by atoms with Gasteiger partial charge in [-0.2, -0.15) is 0 Å². The lowest BCUT2D eigenvalue weighted by Gasteiger charge is -2.12. The minimum Gasteiger partial charge on any atom is -0.382 e. The van der Waals surface area contributed by atoms with Gasteiger partial charge in [-0.25, -0.2) is 4.39 Å². The number of amides is 1. The van der Waals surface area contributed by atoms with Gasteiger partial charge in [-0.05, 0) is 37.6 Å². The standard InChI is InChI=1S/C16H18FN3O/c1-3-18-15-13(5-4-6-14(15)17)16(21)20-10-12-8-7-11(2)19-9-12/h4-9,18H,3,10H2,1-2H3,(H,20,21). The summed E-state index contributed by atoms with van der Waals surface area (Å²) in [7, 11) is 0. The molecule has 0 fully saturated rings. The largest absolute Gasteiger partial charge is 0.382 e. The van der Waals surface area contributed by atoms with Crippen molar-refractivity contribution in [3.63, 3.8) is 0 Å². The summed E-state index contributed by atoms with van der Waals surface area (Å²) in [4.78, 5) is 16.4. The number of halogens is 1. The van der Waals surface area contributed by atoms with Crippen molar-refractivity contribution in [3.8, 4) is 0 Å². The Morgan fingerprint density at radius 1 is 1.29 bits per heavy atom. The molecule has 2 rings (SSSR count). The molecule has 1 aromatic carbocycles. The van der Waals surface area contributed by atoms with Crippen molar-refractivity contribution >= 4 is 11.6 Å². The first-order chi connectivity index (χ1) is 10.1. The smallest absolute Gasteiger partial charge is 0.253 e. The van der Waals surface area contributed by atoms with Crippen LogP contribution in [0.4, 0.5) is 10.1 Å². The van der Waals surface area contributed by atoms with E-state index in [2.05, 4.69) is 15.6 Å². The number of rotatable bonds is 5. The molecule has 21 heavy (non-hydrogen) atoms. The van der Waals surface area contributed by atoms with Gasteiger partial charge < -0.3 is 10.6 Å². The highest BCUT2D eigenvalue weighted by molar-refractivity contribution is 5.99. The maximum Gasteiger partial charge on any atom is 0.253 e. The lowest BCUT2D eigenvalue weighted by molar-refractivity contribution is 0.0951. The van der Waals surface area contributed by atoms with Crippen LogP contribution in [0.1, 0.15) is 28.5 Å². The van der Waals surface area contributed by atoms with Crippen LogP contribution in [-0.2, 0) is 6.54 Å². The molecule has 1 aromatic heterocycles. The number of aromatic nitrogens is 1. The molecule has 110 valence electrons. The fourth-order valence-corrected chi connectivity index (χ4v) is 1.95. The average molecular weight is 287 g/mol. The molecular weight excluding hydrogens is 269 g/mol. The quantitative estimate of drug-likeness (QED) is 0.889. The summed E-state index contributed by atoms with van der Waals surface area (Å²) in [5, 5.41) is 5.66. The molecular formula is C16H18FN3O. The van der Waals surface area contributed by atoms with Crippen molar-refractivity contribution in [3.05, 3.63) is 59.2 Å². The molecule has 0 aliphatic carbocycles. The molecule has 0 bridgehead atoms. The van der Waals surface area contributed by atoms with E-state index < -0.39 is 5.82 Å². The van der Waals surface area contributed by atoms with E-state index in [0.29, 0.717) is 18.7 Å². The molecule has 0 saturated carbocycles. The van der Waals surface area contributed by atoms with Crippen LogP contribution in [-0.4, -0.2) is 17.4 Å². The highest BCUT2D eigenvalue weighted by Gasteiger charge is 2.14. The Kier molecular flexibility index (Phi) is 4.87. The summed E-state index contributed by atoms with van der Waals surface area (Å²) in [6, 6.07) is 8.24. The minimum absolute atomic E-state index is 0.236. The predicted octanol–water partition coefficient (Wildman–Crippen LogP) is 2.89. The van der Waals surface area contributed by atoms with Crippen LogP contribution >= 0.6 is 0 Å². The first-order valence-electron chi connectivity index (χ1n) is 6.84. The highest BCUT2D eigenvalue weighted by Crippen LogP contribution is 2.19. The summed E-state index contributed by atoms with van der Waals surface area (Å²) in [6.07, 6.45) is 1.71. The molecule has 0 aliphatic heterocycles. The molecule has 0 atom stereocenters. The zero-order chi connectivity index (χ0) is 15.2. The fraction of sp³-hybridized carbons (Fsp3) is 0.250. The normalized spacial score (nSPS) is 10.2. The van der Waals surface area contributed by atoms with Gasteiger partial charge in [-0.1, -0.05) is 12.1 Å². The van der Waals surface area contributed by atoms with Crippen LogP contribution in [0.3, 0.4) is 0 Å². The van der Waals surface area contributed by atoms with Crippen LogP contribution in [0.25, 0.3) is 0 Å². The van der Waals surface area contributed by atoms with Gasteiger partial charge in [0, 0.05) is 25.0 Å². The number of carbonyl (C=O) groups is 1. The SMILES string of the molecule is CCNc1c(F)cccc1C(=O)NCc1ccc(C)nc1. The first-order valence-corrected chi connectivity index (χ1v) is 6.84. The third-order valence-electron chi connectivity index (χ3n) is 3.04. The van der Waals surface area contributed by atoms with E-state index in [4.69, 9.17) is 0 Å². The van der Waals surface area contributed by atoms with E-state index in [-0.39, 0.29) is 11.6 Å². The molecule has 0 saturated heterocycles. The molecule has 4 nitrogen and oxygen atoms in total. The Morgan fingerprint density at radius 3 is 2.76 bits per heavy atom. The third-order valence-corrected chi connectivity index (χ3v) is 3.04. The molecule has 1 amide bonds. The van der Waals surface area contributed by atoms with Crippen molar-refractivity contribution in [1.82, 2.24) is 10.3 Å². The van der Waals surface area contributed by atoms with E-state index in [0.717, 1.165) is 11.3 Å². The molecule has 5 heteroatoms. The summed E-state index contributed by atoms with van der Waals surface area (Å²) in [6.45, 7) is 4.65. The zero-order valence-corrected chi connectivity index (χ0v) is 12.1. The number of para-hydroxylation sites is 1. The van der Waals surface area contributed by atoms with Gasteiger partial charge in [0.15, 0.2) is 0 Å². The number of hydrogen-bond acceptors (Lipinski definition) is 3. The van der Waals surface area contributed by atoms with Crippen LogP contribution in [0, 0.1) is 12.7 Å². The Hall–Kier alpha value is -2.43. The predicted molar refractivity (Wildman–Crippen MR) is 80.7 cm³/mol. The number of aryl methyl sites for hydroxylation is 1. The second-order valence-electron chi connectivity index (χ2n) is 4.68. The van der Waals surface area contributed by atoms with Crippen molar-refractivity contribution in [2.75, 3.05) is 11.9 Å². The lowest BCUT2D eigenvalue weighted by atomic mass is 10.1. The first kappa shape index (κ1) is 15.0. The topological polar surface area (TPSA) is 54.0 Å². The number of hydrogen-bond donors (Lipinski definition) is 2. The van der Waals surface area contributed by atoms with Crippen molar-refractivity contribution in [2.45, 2.75) is 20.4 Å². The molecule has 0 unspecified atom stereocenters. The van der Waals surface area contributed by atoms with Gasteiger partial charge in [-0.3, -0.25) is 9.78 Å². The monoisotopic (exact) mass is 287 g/mol. The van der Waals surface area contributed by atoms with Crippen LogP contribution in [0.15, 0.2) is 36.5 Å². The third kappa shape index (κ3) is 3.78. The molecule has 2 N–H and O–H groups in total. The summed E-state index contributed by atoms with van der Waals surface area (Å²) >= 11 is 0. The fourth-order valence-electron chi connectivity index (χ4n) is 1.95.